The number of carbonyl (C=O) groups is 1. The van der Waals surface area contributed by atoms with Crippen molar-refractivity contribution in [1.82, 2.24) is 0 Å². The predicted molar refractivity (Wildman–Crippen MR) is 152 cm³/mol. The van der Waals surface area contributed by atoms with E-state index in [9.17, 15) is 4.79 Å². The maximum atomic E-state index is 12.3. The van der Waals surface area contributed by atoms with Gasteiger partial charge in [-0.2, -0.15) is 0 Å². The van der Waals surface area contributed by atoms with E-state index in [2.05, 4.69) is 68.8 Å². The molecule has 1 aromatic carbocycles. The molecule has 0 aromatic heterocycles. The number of hydrogen-bond acceptors (Lipinski definition) is 1. The zero-order valence-electron chi connectivity index (χ0n) is 23.5. The van der Waals surface area contributed by atoms with Gasteiger partial charge in [-0.3, -0.25) is 0 Å². The van der Waals surface area contributed by atoms with Gasteiger partial charge in [-0.25, -0.2) is 0 Å². The Bertz CT molecular complexity index is 993. The monoisotopic (exact) mass is 553 g/mol. The molecule has 2 heteroatoms. The Balaban J connectivity index is 1.32. The number of fused-ring (bicyclic) bond motifs is 5. The molecular weight excluding hydrogens is 503 g/mol. The summed E-state index contributed by atoms with van der Waals surface area (Å²) in [5, 5.41) is 0. The van der Waals surface area contributed by atoms with Gasteiger partial charge in [0.1, 0.15) is 0 Å². The van der Waals surface area contributed by atoms with Crippen LogP contribution in [0.25, 0.3) is 0 Å². The van der Waals surface area contributed by atoms with Crippen molar-refractivity contribution in [3.63, 3.8) is 0 Å². The quantitative estimate of drug-likeness (QED) is 0.244. The molecule has 4 aliphatic rings. The molecule has 0 amide bonds. The van der Waals surface area contributed by atoms with Crippen molar-refractivity contribution >= 4 is 20.7 Å². The van der Waals surface area contributed by atoms with Crippen molar-refractivity contribution in [2.75, 3.05) is 0 Å². The maximum absolute atomic E-state index is 12.3. The minimum absolute atomic E-state index is 0.0948. The Morgan fingerprint density at radius 3 is 2.53 bits per heavy atom. The van der Waals surface area contributed by atoms with Gasteiger partial charge in [0.05, 0.1) is 0 Å². The van der Waals surface area contributed by atoms with Crippen LogP contribution in [0.5, 0.6) is 0 Å². The molecule has 4 aliphatic carbocycles. The van der Waals surface area contributed by atoms with Crippen LogP contribution in [0.3, 0.4) is 0 Å². The van der Waals surface area contributed by atoms with Gasteiger partial charge in [0.15, 0.2) is 0 Å². The summed E-state index contributed by atoms with van der Waals surface area (Å²) < 4.78 is 0.0948. The van der Waals surface area contributed by atoms with E-state index in [1.54, 1.807) is 5.57 Å². The predicted octanol–water partition coefficient (Wildman–Crippen LogP) is 9.12. The van der Waals surface area contributed by atoms with E-state index in [0.717, 1.165) is 47.5 Å². The van der Waals surface area contributed by atoms with Crippen molar-refractivity contribution in [3.05, 3.63) is 47.0 Å². The molecule has 0 bridgehead atoms. The topological polar surface area (TPSA) is 17.1 Å². The molecule has 0 N–H and O–H groups in total. The molecule has 3 fully saturated rings. The Hall–Kier alpha value is -0.851. The Morgan fingerprint density at radius 1 is 1.00 bits per heavy atom. The van der Waals surface area contributed by atoms with Gasteiger partial charge in [-0.05, 0) is 11.8 Å². The van der Waals surface area contributed by atoms with Crippen LogP contribution in [0.15, 0.2) is 35.9 Å². The summed E-state index contributed by atoms with van der Waals surface area (Å²) in [6.07, 6.45) is 17.7. The van der Waals surface area contributed by atoms with Crippen LogP contribution in [0.2, 0.25) is 0 Å². The third-order valence-electron chi connectivity index (χ3n) is 11.9. The SMILES string of the molecule is CC(C)CCC[C@@H](C)[C@H]1CCC2C3CC=C4CC(c5ccccc5C(=O)[Se])CC[C@]4(C)C3CC[C@@]21C. The number of allylic oxidation sites excluding steroid dienone is 2. The van der Waals surface area contributed by atoms with Gasteiger partial charge in [-0.1, -0.05) is 40.0 Å². The molecule has 1 aromatic rings. The Morgan fingerprint density at radius 2 is 1.78 bits per heavy atom. The first-order valence-corrected chi connectivity index (χ1v) is 16.0. The van der Waals surface area contributed by atoms with E-state index in [1.807, 2.05) is 12.1 Å². The van der Waals surface area contributed by atoms with E-state index >= 15 is 0 Å². The van der Waals surface area contributed by atoms with Gasteiger partial charge >= 0.3 is 178 Å². The first-order chi connectivity index (χ1) is 17.1. The molecule has 0 spiro atoms. The van der Waals surface area contributed by atoms with Crippen molar-refractivity contribution in [1.29, 1.82) is 0 Å². The van der Waals surface area contributed by atoms with Gasteiger partial charge in [0, 0.05) is 0 Å². The first kappa shape index (κ1) is 26.7. The molecule has 3 saturated carbocycles. The molecule has 4 unspecified atom stereocenters. The summed E-state index contributed by atoms with van der Waals surface area (Å²) in [5.41, 5.74) is 4.83. The van der Waals surface area contributed by atoms with Gasteiger partial charge in [0.2, 0.25) is 0 Å². The van der Waals surface area contributed by atoms with Crippen LogP contribution in [0.4, 0.5) is 0 Å². The van der Waals surface area contributed by atoms with Crippen LogP contribution in [0, 0.1) is 46.3 Å². The second-order valence-electron chi connectivity index (χ2n) is 14.1. The van der Waals surface area contributed by atoms with Gasteiger partial charge in [-0.15, -0.1) is 0 Å². The summed E-state index contributed by atoms with van der Waals surface area (Å²) in [6, 6.07) is 8.33. The zero-order chi connectivity index (χ0) is 25.7. The van der Waals surface area contributed by atoms with Gasteiger partial charge < -0.3 is 0 Å². The molecule has 8 atom stereocenters. The van der Waals surface area contributed by atoms with E-state index in [4.69, 9.17) is 0 Å². The fourth-order valence-corrected chi connectivity index (χ4v) is 10.4. The van der Waals surface area contributed by atoms with Crippen molar-refractivity contribution < 1.29 is 4.79 Å². The summed E-state index contributed by atoms with van der Waals surface area (Å²) >= 11 is 2.74. The number of carbonyl (C=O) groups excluding carboxylic acids is 1. The summed E-state index contributed by atoms with van der Waals surface area (Å²) in [5.74, 6) is 5.83. The zero-order valence-corrected chi connectivity index (χ0v) is 25.2. The third-order valence-corrected chi connectivity index (χ3v) is 12.4. The standard InChI is InChI=1S/C34H49OSe/c1-22(2)9-8-10-23(3)29-15-16-30-28-14-13-25-21-24(26-11-6-7-12-27(26)32(35)36)17-19-33(25,4)31(28)18-20-34(29,30)5/h6-7,11-13,22-24,28-31H,8-10,14-21H2,1-5H3/t23-,24?,28?,29-,30?,31?,33+,34-/m1/s1. The van der Waals surface area contributed by atoms with Crippen LogP contribution in [-0.2, 0) is 0 Å². The van der Waals surface area contributed by atoms with Crippen molar-refractivity contribution in [3.8, 4) is 0 Å². The normalized spacial score (nSPS) is 38.6. The van der Waals surface area contributed by atoms with E-state index in [1.165, 1.54) is 69.8 Å². The molecule has 5 rings (SSSR count). The van der Waals surface area contributed by atoms with E-state index in [-0.39, 0.29) is 4.68 Å². The molecule has 197 valence electrons. The summed E-state index contributed by atoms with van der Waals surface area (Å²) in [7, 11) is 0. The van der Waals surface area contributed by atoms with Gasteiger partial charge in [0.25, 0.3) is 0 Å². The van der Waals surface area contributed by atoms with E-state index < -0.39 is 0 Å². The number of hydrogen-bond donors (Lipinski definition) is 0. The van der Waals surface area contributed by atoms with Crippen LogP contribution in [0.1, 0.15) is 127 Å². The van der Waals surface area contributed by atoms with Crippen LogP contribution < -0.4 is 0 Å². The molecule has 36 heavy (non-hydrogen) atoms. The third kappa shape index (κ3) is 4.62. The summed E-state index contributed by atoms with van der Waals surface area (Å²) in [4.78, 5) is 12.3. The Kier molecular flexibility index (Phi) is 7.71. The van der Waals surface area contributed by atoms with Crippen molar-refractivity contribution in [2.45, 2.75) is 111 Å². The molecule has 1 nitrogen and oxygen atoms in total. The molecule has 0 aliphatic heterocycles. The summed E-state index contributed by atoms with van der Waals surface area (Å²) in [6.45, 7) is 12.7. The second kappa shape index (κ2) is 10.4. The van der Waals surface area contributed by atoms with Crippen LogP contribution >= 0.6 is 0 Å². The number of rotatable bonds is 7. The fraction of sp³-hybridized carbons (Fsp3) is 0.735. The molecule has 1 radical (unpaired) electrons. The molecule has 0 saturated heterocycles. The minimum atomic E-state index is 0.0948. The average molecular weight is 553 g/mol. The van der Waals surface area contributed by atoms with E-state index in [0.29, 0.717) is 16.7 Å². The Labute approximate surface area is 229 Å². The molecule has 0 heterocycles. The van der Waals surface area contributed by atoms with Crippen LogP contribution in [-0.4, -0.2) is 20.7 Å². The first-order valence-electron chi connectivity index (χ1n) is 15.1. The molecular formula is C34H49OSe. The fourth-order valence-electron chi connectivity index (χ4n) is 9.99. The number of benzene rings is 1. The average Bonchev–Trinajstić information content (AvgIpc) is 3.20. The second-order valence-corrected chi connectivity index (χ2v) is 14.9. The van der Waals surface area contributed by atoms with Crippen molar-refractivity contribution in [2.24, 2.45) is 46.3 Å².